The van der Waals surface area contributed by atoms with Crippen LogP contribution in [0.1, 0.15) is 15.9 Å². The first kappa shape index (κ1) is 17.3. The Hall–Kier alpha value is -3.48. The molecule has 0 saturated carbocycles. The third kappa shape index (κ3) is 3.32. The van der Waals surface area contributed by atoms with Gasteiger partial charge in [-0.1, -0.05) is 0 Å². The first-order valence-electron chi connectivity index (χ1n) is 7.90. The van der Waals surface area contributed by atoms with E-state index in [0.717, 1.165) is 5.56 Å². The van der Waals surface area contributed by atoms with E-state index in [1.165, 1.54) is 29.2 Å². The Balaban J connectivity index is 2.04. The predicted molar refractivity (Wildman–Crippen MR) is 97.7 cm³/mol. The summed E-state index contributed by atoms with van der Waals surface area (Å²) in [6, 6.07) is 11.1. The maximum Gasteiger partial charge on any atom is 0.269 e. The third-order valence-corrected chi connectivity index (χ3v) is 3.96. The monoisotopic (exact) mass is 351 g/mol. The van der Waals surface area contributed by atoms with E-state index in [1.54, 1.807) is 32.4 Å². The summed E-state index contributed by atoms with van der Waals surface area (Å²) in [4.78, 5) is 28.5. The van der Waals surface area contributed by atoms with E-state index in [9.17, 15) is 14.9 Å². The van der Waals surface area contributed by atoms with Gasteiger partial charge in [-0.25, -0.2) is 0 Å². The van der Waals surface area contributed by atoms with E-state index in [0.29, 0.717) is 28.0 Å². The Kier molecular flexibility index (Phi) is 4.53. The molecule has 132 valence electrons. The topological polar surface area (TPSA) is 85.6 Å². The molecule has 0 atom stereocenters. The molecule has 0 saturated heterocycles. The minimum absolute atomic E-state index is 0.00794. The number of aromatic nitrogens is 1. The fourth-order valence-electron chi connectivity index (χ4n) is 2.60. The number of pyridine rings is 1. The van der Waals surface area contributed by atoms with Gasteiger partial charge in [-0.05, 0) is 42.8 Å². The highest BCUT2D eigenvalue weighted by molar-refractivity contribution is 6.00. The molecule has 1 amide bonds. The summed E-state index contributed by atoms with van der Waals surface area (Å²) in [5.41, 5.74) is 2.10. The van der Waals surface area contributed by atoms with Crippen LogP contribution in [0.3, 0.4) is 0 Å². The molecule has 0 aliphatic carbocycles. The number of nitro groups is 1. The van der Waals surface area contributed by atoms with Crippen LogP contribution in [0.15, 0.2) is 48.7 Å². The van der Waals surface area contributed by atoms with Crippen LogP contribution in [-0.2, 0) is 0 Å². The molecule has 0 fully saturated rings. The van der Waals surface area contributed by atoms with E-state index in [1.807, 2.05) is 13.0 Å². The largest absolute Gasteiger partial charge is 0.457 e. The van der Waals surface area contributed by atoms with Gasteiger partial charge in [-0.15, -0.1) is 0 Å². The standard InChI is InChI=1S/C19H17N3O4/c1-12-10-17-16(11-15(12)19(23)21(2)3)18(8-9-20-17)26-14-6-4-13(5-7-14)22(24)25/h4-11H,1-3H3. The average Bonchev–Trinajstić information content (AvgIpc) is 2.61. The SMILES string of the molecule is Cc1cc2nccc(Oc3ccc([N+](=O)[O-])cc3)c2cc1C(=O)N(C)C. The van der Waals surface area contributed by atoms with Crippen LogP contribution in [0, 0.1) is 17.0 Å². The van der Waals surface area contributed by atoms with Crippen molar-refractivity contribution in [3.8, 4) is 11.5 Å². The van der Waals surface area contributed by atoms with Crippen LogP contribution in [0.4, 0.5) is 5.69 Å². The molecule has 0 aliphatic heterocycles. The molecule has 0 aliphatic rings. The van der Waals surface area contributed by atoms with E-state index in [4.69, 9.17) is 4.74 Å². The number of rotatable bonds is 4. The van der Waals surface area contributed by atoms with Gasteiger partial charge in [0.15, 0.2) is 0 Å². The Morgan fingerprint density at radius 2 is 1.85 bits per heavy atom. The lowest BCUT2D eigenvalue weighted by Gasteiger charge is -2.14. The summed E-state index contributed by atoms with van der Waals surface area (Å²) < 4.78 is 5.87. The lowest BCUT2D eigenvalue weighted by molar-refractivity contribution is -0.384. The quantitative estimate of drug-likeness (QED) is 0.525. The van der Waals surface area contributed by atoms with Gasteiger partial charge < -0.3 is 9.64 Å². The summed E-state index contributed by atoms with van der Waals surface area (Å²) in [6.07, 6.45) is 1.62. The summed E-state index contributed by atoms with van der Waals surface area (Å²) in [5, 5.41) is 11.5. The number of hydrogen-bond donors (Lipinski definition) is 0. The van der Waals surface area contributed by atoms with Crippen molar-refractivity contribution in [3.63, 3.8) is 0 Å². The summed E-state index contributed by atoms with van der Waals surface area (Å²) in [6.45, 7) is 1.86. The minimum atomic E-state index is -0.465. The summed E-state index contributed by atoms with van der Waals surface area (Å²) >= 11 is 0. The first-order valence-corrected chi connectivity index (χ1v) is 7.90. The Labute approximate surface area is 150 Å². The van der Waals surface area contributed by atoms with Crippen LogP contribution in [0.5, 0.6) is 11.5 Å². The van der Waals surface area contributed by atoms with Gasteiger partial charge in [0.05, 0.1) is 10.4 Å². The van der Waals surface area contributed by atoms with Gasteiger partial charge in [0.2, 0.25) is 0 Å². The minimum Gasteiger partial charge on any atom is -0.457 e. The van der Waals surface area contributed by atoms with Crippen molar-refractivity contribution in [2.24, 2.45) is 0 Å². The number of hydrogen-bond acceptors (Lipinski definition) is 5. The lowest BCUT2D eigenvalue weighted by atomic mass is 10.0. The van der Waals surface area contributed by atoms with E-state index in [-0.39, 0.29) is 11.6 Å². The number of ether oxygens (including phenoxy) is 1. The van der Waals surface area contributed by atoms with Crippen LogP contribution in [0.25, 0.3) is 10.9 Å². The summed E-state index contributed by atoms with van der Waals surface area (Å²) in [7, 11) is 3.40. The zero-order valence-electron chi connectivity index (χ0n) is 14.6. The smallest absolute Gasteiger partial charge is 0.269 e. The molecule has 0 N–H and O–H groups in total. The second-order valence-electron chi connectivity index (χ2n) is 6.05. The van der Waals surface area contributed by atoms with E-state index < -0.39 is 4.92 Å². The highest BCUT2D eigenvalue weighted by Gasteiger charge is 2.15. The molecular formula is C19H17N3O4. The first-order chi connectivity index (χ1) is 12.4. The Morgan fingerprint density at radius 3 is 2.46 bits per heavy atom. The molecule has 0 bridgehead atoms. The number of benzene rings is 2. The van der Waals surface area contributed by atoms with Crippen molar-refractivity contribution in [3.05, 3.63) is 69.9 Å². The fraction of sp³-hybridized carbons (Fsp3) is 0.158. The van der Waals surface area contributed by atoms with Crippen LogP contribution >= 0.6 is 0 Å². The fourth-order valence-corrected chi connectivity index (χ4v) is 2.60. The van der Waals surface area contributed by atoms with Crippen LogP contribution < -0.4 is 4.74 Å². The molecule has 1 aromatic heterocycles. The number of fused-ring (bicyclic) bond motifs is 1. The number of nitro benzene ring substituents is 1. The lowest BCUT2D eigenvalue weighted by Crippen LogP contribution is -2.22. The number of aryl methyl sites for hydroxylation is 1. The number of carbonyl (C=O) groups is 1. The molecule has 1 heterocycles. The van der Waals surface area contributed by atoms with E-state index >= 15 is 0 Å². The number of non-ortho nitro benzene ring substituents is 1. The van der Waals surface area contributed by atoms with Gasteiger partial charge >= 0.3 is 0 Å². The second-order valence-corrected chi connectivity index (χ2v) is 6.05. The maximum atomic E-state index is 12.4. The number of nitrogens with zero attached hydrogens (tertiary/aromatic N) is 3. The molecule has 0 unspecified atom stereocenters. The zero-order chi connectivity index (χ0) is 18.8. The van der Waals surface area contributed by atoms with Gasteiger partial charge in [0, 0.05) is 43.4 Å². The highest BCUT2D eigenvalue weighted by atomic mass is 16.6. The molecular weight excluding hydrogens is 334 g/mol. The zero-order valence-corrected chi connectivity index (χ0v) is 14.6. The van der Waals surface area contributed by atoms with Crippen molar-refractivity contribution in [1.82, 2.24) is 9.88 Å². The number of carbonyl (C=O) groups excluding carboxylic acids is 1. The molecule has 7 heteroatoms. The van der Waals surface area contributed by atoms with Crippen LogP contribution in [0.2, 0.25) is 0 Å². The molecule has 3 rings (SSSR count). The molecule has 3 aromatic rings. The molecule has 0 spiro atoms. The molecule has 0 radical (unpaired) electrons. The Bertz CT molecular complexity index is 998. The molecule has 26 heavy (non-hydrogen) atoms. The number of amides is 1. The molecule has 2 aromatic carbocycles. The normalized spacial score (nSPS) is 10.6. The van der Waals surface area contributed by atoms with Gasteiger partial charge in [0.25, 0.3) is 11.6 Å². The second kappa shape index (κ2) is 6.79. The van der Waals surface area contributed by atoms with Crippen molar-refractivity contribution >= 4 is 22.5 Å². The van der Waals surface area contributed by atoms with Crippen molar-refractivity contribution < 1.29 is 14.5 Å². The van der Waals surface area contributed by atoms with Crippen LogP contribution in [-0.4, -0.2) is 34.8 Å². The predicted octanol–water partition coefficient (Wildman–Crippen LogP) is 3.95. The molecule has 7 nitrogen and oxygen atoms in total. The Morgan fingerprint density at radius 1 is 1.15 bits per heavy atom. The van der Waals surface area contributed by atoms with Gasteiger partial charge in [-0.3, -0.25) is 19.9 Å². The maximum absolute atomic E-state index is 12.4. The van der Waals surface area contributed by atoms with Crippen molar-refractivity contribution in [2.75, 3.05) is 14.1 Å². The van der Waals surface area contributed by atoms with Gasteiger partial charge in [0.1, 0.15) is 11.5 Å². The van der Waals surface area contributed by atoms with E-state index in [2.05, 4.69) is 4.98 Å². The average molecular weight is 351 g/mol. The highest BCUT2D eigenvalue weighted by Crippen LogP contribution is 2.31. The summed E-state index contributed by atoms with van der Waals surface area (Å²) in [5.74, 6) is 0.885. The van der Waals surface area contributed by atoms with Crippen molar-refractivity contribution in [1.29, 1.82) is 0 Å². The third-order valence-electron chi connectivity index (χ3n) is 3.96. The van der Waals surface area contributed by atoms with Gasteiger partial charge in [-0.2, -0.15) is 0 Å². The van der Waals surface area contributed by atoms with Crippen molar-refractivity contribution in [2.45, 2.75) is 6.92 Å².